The molecule has 1 N–H and O–H groups in total. The standard InChI is InChI=1S/C11H19F2NO2/c1-3-9(10(15)16)14-6-4-5-8(7-14)11(2,12)13/h8-9H,3-7H2,1-2H3,(H,15,16)/t8-,9-/m0/s1. The number of alkyl halides is 2. The Morgan fingerprint density at radius 1 is 1.62 bits per heavy atom. The number of halogens is 2. The van der Waals surface area contributed by atoms with Gasteiger partial charge >= 0.3 is 5.97 Å². The zero-order valence-corrected chi connectivity index (χ0v) is 9.75. The largest absolute Gasteiger partial charge is 0.480 e. The van der Waals surface area contributed by atoms with E-state index in [1.807, 2.05) is 0 Å². The van der Waals surface area contributed by atoms with Crippen LogP contribution in [0.5, 0.6) is 0 Å². The Kier molecular flexibility index (Phi) is 4.24. The van der Waals surface area contributed by atoms with Crippen molar-refractivity contribution in [3.63, 3.8) is 0 Å². The summed E-state index contributed by atoms with van der Waals surface area (Å²) in [5.41, 5.74) is 0. The molecule has 1 aliphatic heterocycles. The number of likely N-dealkylation sites (tertiary alicyclic amines) is 1. The molecule has 1 saturated heterocycles. The maximum atomic E-state index is 13.2. The van der Waals surface area contributed by atoms with Gasteiger partial charge in [0, 0.05) is 12.5 Å². The van der Waals surface area contributed by atoms with E-state index in [1.54, 1.807) is 11.8 Å². The number of aliphatic carboxylic acids is 1. The SMILES string of the molecule is CC[C@@H](C(=O)O)N1CCC[C@H](C(C)(F)F)C1. The van der Waals surface area contributed by atoms with Gasteiger partial charge in [-0.05, 0) is 32.7 Å². The lowest BCUT2D eigenvalue weighted by Gasteiger charge is -2.38. The smallest absolute Gasteiger partial charge is 0.320 e. The van der Waals surface area contributed by atoms with Crippen LogP contribution in [0.3, 0.4) is 0 Å². The molecule has 0 spiro atoms. The van der Waals surface area contributed by atoms with E-state index in [9.17, 15) is 13.6 Å². The molecule has 2 atom stereocenters. The molecule has 0 aromatic carbocycles. The molecule has 94 valence electrons. The predicted octanol–water partition coefficient (Wildman–Crippen LogP) is 2.22. The van der Waals surface area contributed by atoms with Crippen molar-refractivity contribution in [3.05, 3.63) is 0 Å². The normalized spacial score (nSPS) is 25.4. The van der Waals surface area contributed by atoms with Crippen molar-refractivity contribution in [1.82, 2.24) is 4.90 Å². The molecule has 0 radical (unpaired) electrons. The molecule has 0 aromatic rings. The van der Waals surface area contributed by atoms with Crippen LogP contribution in [0.4, 0.5) is 8.78 Å². The highest BCUT2D eigenvalue weighted by Gasteiger charge is 2.39. The summed E-state index contributed by atoms with van der Waals surface area (Å²) < 4.78 is 26.4. The van der Waals surface area contributed by atoms with E-state index in [0.717, 1.165) is 6.92 Å². The van der Waals surface area contributed by atoms with Gasteiger partial charge in [0.2, 0.25) is 5.92 Å². The quantitative estimate of drug-likeness (QED) is 0.812. The van der Waals surface area contributed by atoms with Crippen molar-refractivity contribution in [2.75, 3.05) is 13.1 Å². The maximum Gasteiger partial charge on any atom is 0.320 e. The van der Waals surface area contributed by atoms with Crippen molar-refractivity contribution in [2.24, 2.45) is 5.92 Å². The summed E-state index contributed by atoms with van der Waals surface area (Å²) in [6.07, 6.45) is 1.59. The fraction of sp³-hybridized carbons (Fsp3) is 0.909. The van der Waals surface area contributed by atoms with Gasteiger partial charge in [0.15, 0.2) is 0 Å². The van der Waals surface area contributed by atoms with Crippen LogP contribution in [0.2, 0.25) is 0 Å². The second kappa shape index (κ2) is 5.08. The zero-order chi connectivity index (χ0) is 12.3. The molecule has 1 aliphatic rings. The average Bonchev–Trinajstić information content (AvgIpc) is 2.17. The lowest BCUT2D eigenvalue weighted by molar-refractivity contribution is -0.146. The molecule has 0 unspecified atom stereocenters. The number of carboxylic acids is 1. The van der Waals surface area contributed by atoms with Crippen LogP contribution >= 0.6 is 0 Å². The van der Waals surface area contributed by atoms with Gasteiger partial charge in [-0.3, -0.25) is 9.69 Å². The third-order valence-electron chi connectivity index (χ3n) is 3.28. The average molecular weight is 235 g/mol. The van der Waals surface area contributed by atoms with Gasteiger partial charge in [0.05, 0.1) is 0 Å². The van der Waals surface area contributed by atoms with Crippen molar-refractivity contribution < 1.29 is 18.7 Å². The number of hydrogen-bond acceptors (Lipinski definition) is 2. The van der Waals surface area contributed by atoms with Crippen molar-refractivity contribution in [3.8, 4) is 0 Å². The fourth-order valence-electron chi connectivity index (χ4n) is 2.29. The highest BCUT2D eigenvalue weighted by molar-refractivity contribution is 5.73. The Bertz CT molecular complexity index is 253. The Balaban J connectivity index is 2.66. The van der Waals surface area contributed by atoms with Crippen LogP contribution in [0.15, 0.2) is 0 Å². The monoisotopic (exact) mass is 235 g/mol. The van der Waals surface area contributed by atoms with E-state index in [4.69, 9.17) is 5.11 Å². The van der Waals surface area contributed by atoms with E-state index >= 15 is 0 Å². The Morgan fingerprint density at radius 3 is 2.69 bits per heavy atom. The molecule has 5 heteroatoms. The molecule has 16 heavy (non-hydrogen) atoms. The topological polar surface area (TPSA) is 40.5 Å². The molecule has 0 bridgehead atoms. The minimum atomic E-state index is -2.71. The summed E-state index contributed by atoms with van der Waals surface area (Å²) in [7, 11) is 0. The zero-order valence-electron chi connectivity index (χ0n) is 9.75. The third-order valence-corrected chi connectivity index (χ3v) is 3.28. The van der Waals surface area contributed by atoms with Crippen LogP contribution in [-0.4, -0.2) is 41.0 Å². The summed E-state index contributed by atoms with van der Waals surface area (Å²) in [5, 5.41) is 8.99. The van der Waals surface area contributed by atoms with Gasteiger partial charge in [-0.2, -0.15) is 0 Å². The van der Waals surface area contributed by atoms with Crippen molar-refractivity contribution >= 4 is 5.97 Å². The molecule has 0 aliphatic carbocycles. The summed E-state index contributed by atoms with van der Waals surface area (Å²) >= 11 is 0. The first-order valence-electron chi connectivity index (χ1n) is 5.71. The van der Waals surface area contributed by atoms with Crippen molar-refractivity contribution in [1.29, 1.82) is 0 Å². The highest BCUT2D eigenvalue weighted by Crippen LogP contribution is 2.32. The van der Waals surface area contributed by atoms with Crippen molar-refractivity contribution in [2.45, 2.75) is 45.1 Å². The summed E-state index contributed by atoms with van der Waals surface area (Å²) in [5.74, 6) is -4.34. The Labute approximate surface area is 94.4 Å². The maximum absolute atomic E-state index is 13.2. The number of nitrogens with zero attached hydrogens (tertiary/aromatic N) is 1. The second-order valence-electron chi connectivity index (χ2n) is 4.55. The summed E-state index contributed by atoms with van der Waals surface area (Å²) in [4.78, 5) is 12.6. The molecule has 1 fully saturated rings. The van der Waals surface area contributed by atoms with E-state index in [1.165, 1.54) is 0 Å². The Hall–Kier alpha value is -0.710. The van der Waals surface area contributed by atoms with Gasteiger partial charge < -0.3 is 5.11 Å². The number of piperidine rings is 1. The highest BCUT2D eigenvalue weighted by atomic mass is 19.3. The van der Waals surface area contributed by atoms with Crippen LogP contribution < -0.4 is 0 Å². The third kappa shape index (κ3) is 3.14. The summed E-state index contributed by atoms with van der Waals surface area (Å²) in [6, 6.07) is -0.620. The van der Waals surface area contributed by atoms with Gasteiger partial charge in [0.25, 0.3) is 0 Å². The fourth-order valence-corrected chi connectivity index (χ4v) is 2.29. The molecule has 0 aromatic heterocycles. The van der Waals surface area contributed by atoms with Gasteiger partial charge in [-0.15, -0.1) is 0 Å². The van der Waals surface area contributed by atoms with Gasteiger partial charge in [-0.1, -0.05) is 6.92 Å². The molecule has 3 nitrogen and oxygen atoms in total. The number of rotatable bonds is 4. The minimum absolute atomic E-state index is 0.189. The minimum Gasteiger partial charge on any atom is -0.480 e. The lowest BCUT2D eigenvalue weighted by Crippen LogP contribution is -2.49. The first-order chi connectivity index (χ1) is 7.36. The molecule has 1 heterocycles. The molecular formula is C11H19F2NO2. The van der Waals surface area contributed by atoms with Gasteiger partial charge in [0.1, 0.15) is 6.04 Å². The summed E-state index contributed by atoms with van der Waals surface area (Å²) in [6.45, 7) is 3.49. The molecular weight excluding hydrogens is 216 g/mol. The number of carbonyl (C=O) groups is 1. The van der Waals surface area contributed by atoms with Crippen LogP contribution in [0, 0.1) is 5.92 Å². The van der Waals surface area contributed by atoms with E-state index in [-0.39, 0.29) is 6.54 Å². The van der Waals surface area contributed by atoms with E-state index < -0.39 is 23.9 Å². The molecule has 0 saturated carbocycles. The van der Waals surface area contributed by atoms with Crippen LogP contribution in [-0.2, 0) is 4.79 Å². The van der Waals surface area contributed by atoms with Gasteiger partial charge in [-0.25, -0.2) is 8.78 Å². The molecule has 0 amide bonds. The first-order valence-corrected chi connectivity index (χ1v) is 5.71. The lowest BCUT2D eigenvalue weighted by atomic mass is 9.91. The number of hydrogen-bond donors (Lipinski definition) is 1. The van der Waals surface area contributed by atoms with Crippen LogP contribution in [0.25, 0.3) is 0 Å². The molecule has 1 rings (SSSR count). The van der Waals surface area contributed by atoms with E-state index in [0.29, 0.717) is 25.8 Å². The number of carboxylic acid groups (broad SMARTS) is 1. The van der Waals surface area contributed by atoms with E-state index in [2.05, 4.69) is 0 Å². The van der Waals surface area contributed by atoms with Crippen LogP contribution in [0.1, 0.15) is 33.1 Å². The first kappa shape index (κ1) is 13.4. The Morgan fingerprint density at radius 2 is 2.25 bits per heavy atom. The second-order valence-corrected chi connectivity index (χ2v) is 4.55. The predicted molar refractivity (Wildman–Crippen MR) is 56.6 cm³/mol.